The highest BCUT2D eigenvalue weighted by Gasteiger charge is 2.20. The van der Waals surface area contributed by atoms with E-state index in [9.17, 15) is 0 Å². The lowest BCUT2D eigenvalue weighted by Crippen LogP contribution is -2.31. The van der Waals surface area contributed by atoms with Crippen LogP contribution >= 0.6 is 0 Å². The number of aromatic nitrogens is 1. The molecule has 20 heavy (non-hydrogen) atoms. The maximum absolute atomic E-state index is 4.64. The van der Waals surface area contributed by atoms with Crippen molar-refractivity contribution in [3.63, 3.8) is 0 Å². The molecule has 1 aliphatic rings. The summed E-state index contributed by atoms with van der Waals surface area (Å²) in [6.07, 6.45) is 12.4. The highest BCUT2D eigenvalue weighted by atomic mass is 14.9. The smallest absolute Gasteiger partial charge is 0.0406 e. The van der Waals surface area contributed by atoms with Crippen molar-refractivity contribution < 1.29 is 0 Å². The number of nitrogens with one attached hydrogen (secondary N) is 1. The SMILES string of the molecule is CCCNC1CCCCC(Cc2ccc(CC)cn2)C1. The lowest BCUT2D eigenvalue weighted by atomic mass is 9.92. The highest BCUT2D eigenvalue weighted by Crippen LogP contribution is 2.26. The normalized spacial score (nSPS) is 23.5. The maximum Gasteiger partial charge on any atom is 0.0406 e. The molecule has 0 bridgehead atoms. The molecule has 1 N–H and O–H groups in total. The van der Waals surface area contributed by atoms with Crippen LogP contribution in [0.1, 0.15) is 63.6 Å². The fourth-order valence-corrected chi connectivity index (χ4v) is 3.26. The standard InChI is InChI=1S/C18H30N2/c1-3-11-19-17-8-6-5-7-16(12-17)13-18-10-9-15(4-2)14-20-18/h9-10,14,16-17,19H,3-8,11-13H2,1-2H3. The van der Waals surface area contributed by atoms with E-state index in [0.29, 0.717) is 0 Å². The Morgan fingerprint density at radius 3 is 2.75 bits per heavy atom. The first-order valence-electron chi connectivity index (χ1n) is 8.49. The van der Waals surface area contributed by atoms with Crippen molar-refractivity contribution in [3.8, 4) is 0 Å². The van der Waals surface area contributed by atoms with Gasteiger partial charge in [0.25, 0.3) is 0 Å². The Balaban J connectivity index is 1.88. The van der Waals surface area contributed by atoms with Gasteiger partial charge in [0.2, 0.25) is 0 Å². The molecule has 0 aliphatic heterocycles. The molecule has 0 aromatic carbocycles. The van der Waals surface area contributed by atoms with Gasteiger partial charge < -0.3 is 5.32 Å². The average molecular weight is 274 g/mol. The predicted octanol–water partition coefficient (Wildman–Crippen LogP) is 4.14. The minimum atomic E-state index is 0.734. The zero-order chi connectivity index (χ0) is 14.2. The van der Waals surface area contributed by atoms with E-state index in [1.54, 1.807) is 0 Å². The molecule has 0 radical (unpaired) electrons. The summed E-state index contributed by atoms with van der Waals surface area (Å²) < 4.78 is 0. The summed E-state index contributed by atoms with van der Waals surface area (Å²) in [5.41, 5.74) is 2.63. The Kier molecular flexibility index (Phi) is 6.52. The number of hydrogen-bond donors (Lipinski definition) is 1. The number of hydrogen-bond acceptors (Lipinski definition) is 2. The van der Waals surface area contributed by atoms with Crippen LogP contribution in [0.5, 0.6) is 0 Å². The van der Waals surface area contributed by atoms with Gasteiger partial charge in [0, 0.05) is 17.9 Å². The first-order valence-corrected chi connectivity index (χ1v) is 8.49. The molecule has 112 valence electrons. The maximum atomic E-state index is 4.64. The van der Waals surface area contributed by atoms with Crippen molar-refractivity contribution in [1.82, 2.24) is 10.3 Å². The van der Waals surface area contributed by atoms with Crippen LogP contribution in [0, 0.1) is 5.92 Å². The van der Waals surface area contributed by atoms with Crippen LogP contribution in [0.25, 0.3) is 0 Å². The van der Waals surface area contributed by atoms with E-state index >= 15 is 0 Å². The van der Waals surface area contributed by atoms with Gasteiger partial charge in [0.05, 0.1) is 0 Å². The van der Waals surface area contributed by atoms with Crippen molar-refractivity contribution in [2.24, 2.45) is 5.92 Å². The van der Waals surface area contributed by atoms with Crippen LogP contribution in [0.4, 0.5) is 0 Å². The molecular weight excluding hydrogens is 244 g/mol. The van der Waals surface area contributed by atoms with Crippen molar-refractivity contribution in [2.45, 2.75) is 71.3 Å². The third-order valence-electron chi connectivity index (χ3n) is 4.51. The van der Waals surface area contributed by atoms with Crippen molar-refractivity contribution >= 4 is 0 Å². The molecule has 1 fully saturated rings. The lowest BCUT2D eigenvalue weighted by molar-refractivity contribution is 0.382. The van der Waals surface area contributed by atoms with Gasteiger partial charge in [-0.3, -0.25) is 4.98 Å². The second-order valence-electron chi connectivity index (χ2n) is 6.25. The van der Waals surface area contributed by atoms with E-state index in [1.165, 1.54) is 56.3 Å². The Labute approximate surface area is 124 Å². The van der Waals surface area contributed by atoms with E-state index in [2.05, 4.69) is 42.5 Å². The Morgan fingerprint density at radius 1 is 1.20 bits per heavy atom. The first-order chi connectivity index (χ1) is 9.81. The molecular formula is C18H30N2. The summed E-state index contributed by atoms with van der Waals surface area (Å²) in [6, 6.07) is 5.21. The molecule has 1 aromatic heterocycles. The molecule has 0 amide bonds. The number of rotatable bonds is 6. The van der Waals surface area contributed by atoms with Gasteiger partial charge in [0.1, 0.15) is 0 Å². The van der Waals surface area contributed by atoms with Crippen LogP contribution in [0.3, 0.4) is 0 Å². The van der Waals surface area contributed by atoms with Crippen LogP contribution in [-0.4, -0.2) is 17.6 Å². The molecule has 1 aliphatic carbocycles. The fourth-order valence-electron chi connectivity index (χ4n) is 3.26. The molecule has 0 saturated heterocycles. The third-order valence-corrected chi connectivity index (χ3v) is 4.51. The zero-order valence-electron chi connectivity index (χ0n) is 13.2. The number of pyridine rings is 1. The van der Waals surface area contributed by atoms with E-state index in [4.69, 9.17) is 0 Å². The number of nitrogens with zero attached hydrogens (tertiary/aromatic N) is 1. The second-order valence-corrected chi connectivity index (χ2v) is 6.25. The number of aryl methyl sites for hydroxylation is 1. The van der Waals surface area contributed by atoms with Crippen molar-refractivity contribution in [2.75, 3.05) is 6.54 Å². The molecule has 2 rings (SSSR count). The van der Waals surface area contributed by atoms with Gasteiger partial charge in [-0.2, -0.15) is 0 Å². The summed E-state index contributed by atoms with van der Waals surface area (Å²) in [5, 5.41) is 3.72. The molecule has 1 heterocycles. The molecule has 2 nitrogen and oxygen atoms in total. The van der Waals surface area contributed by atoms with Crippen LogP contribution in [-0.2, 0) is 12.8 Å². The van der Waals surface area contributed by atoms with Gasteiger partial charge in [-0.1, -0.05) is 39.2 Å². The van der Waals surface area contributed by atoms with Gasteiger partial charge in [-0.05, 0) is 56.2 Å². The largest absolute Gasteiger partial charge is 0.314 e. The fraction of sp³-hybridized carbons (Fsp3) is 0.722. The zero-order valence-corrected chi connectivity index (χ0v) is 13.2. The minimum Gasteiger partial charge on any atom is -0.314 e. The lowest BCUT2D eigenvalue weighted by Gasteiger charge is -2.21. The minimum absolute atomic E-state index is 0.734. The van der Waals surface area contributed by atoms with Crippen molar-refractivity contribution in [1.29, 1.82) is 0 Å². The Hall–Kier alpha value is -0.890. The Morgan fingerprint density at radius 2 is 2.05 bits per heavy atom. The van der Waals surface area contributed by atoms with E-state index in [1.807, 2.05) is 0 Å². The third kappa shape index (κ3) is 4.90. The monoisotopic (exact) mass is 274 g/mol. The second kappa shape index (κ2) is 8.41. The summed E-state index contributed by atoms with van der Waals surface area (Å²) in [5.74, 6) is 0.812. The molecule has 2 atom stereocenters. The summed E-state index contributed by atoms with van der Waals surface area (Å²) >= 11 is 0. The molecule has 0 spiro atoms. The summed E-state index contributed by atoms with van der Waals surface area (Å²) in [4.78, 5) is 4.64. The molecule has 1 saturated carbocycles. The molecule has 2 heteroatoms. The van der Waals surface area contributed by atoms with E-state index in [-0.39, 0.29) is 0 Å². The van der Waals surface area contributed by atoms with E-state index in [0.717, 1.165) is 24.8 Å². The Bertz CT molecular complexity index is 372. The van der Waals surface area contributed by atoms with Gasteiger partial charge in [-0.15, -0.1) is 0 Å². The van der Waals surface area contributed by atoms with E-state index < -0.39 is 0 Å². The quantitative estimate of drug-likeness (QED) is 0.789. The highest BCUT2D eigenvalue weighted by molar-refractivity contribution is 5.14. The average Bonchev–Trinajstić information content (AvgIpc) is 2.71. The van der Waals surface area contributed by atoms with Crippen LogP contribution < -0.4 is 5.32 Å². The van der Waals surface area contributed by atoms with Crippen molar-refractivity contribution in [3.05, 3.63) is 29.6 Å². The summed E-state index contributed by atoms with van der Waals surface area (Å²) in [6.45, 7) is 5.60. The molecule has 2 unspecified atom stereocenters. The van der Waals surface area contributed by atoms with Gasteiger partial charge >= 0.3 is 0 Å². The summed E-state index contributed by atoms with van der Waals surface area (Å²) in [7, 11) is 0. The van der Waals surface area contributed by atoms with Gasteiger partial charge in [-0.25, -0.2) is 0 Å². The molecule has 1 aromatic rings. The predicted molar refractivity (Wildman–Crippen MR) is 86.0 cm³/mol. The van der Waals surface area contributed by atoms with Crippen LogP contribution in [0.15, 0.2) is 18.3 Å². The van der Waals surface area contributed by atoms with Gasteiger partial charge in [0.15, 0.2) is 0 Å². The van der Waals surface area contributed by atoms with Crippen LogP contribution in [0.2, 0.25) is 0 Å². The first kappa shape index (κ1) is 15.5. The topological polar surface area (TPSA) is 24.9 Å².